The van der Waals surface area contributed by atoms with E-state index in [2.05, 4.69) is 32.0 Å². The lowest BCUT2D eigenvalue weighted by Crippen LogP contribution is -2.43. The molecule has 0 atom stereocenters. The molecule has 0 saturated heterocycles. The van der Waals surface area contributed by atoms with E-state index in [1.807, 2.05) is 0 Å². The second kappa shape index (κ2) is 3.56. The standard InChI is InChI=1S/C15H21NO/c1-14(2,15(16)6-7-15)13-4-3-12-10-17-8-5-11(12)9-13/h3-4,9H,5-8,10,16H2,1-2H3. The summed E-state index contributed by atoms with van der Waals surface area (Å²) in [7, 11) is 0. The summed E-state index contributed by atoms with van der Waals surface area (Å²) in [5.41, 5.74) is 10.7. The van der Waals surface area contributed by atoms with Crippen LogP contribution < -0.4 is 5.73 Å². The van der Waals surface area contributed by atoms with Gasteiger partial charge in [0.15, 0.2) is 0 Å². The van der Waals surface area contributed by atoms with E-state index in [1.165, 1.54) is 16.7 Å². The zero-order valence-corrected chi connectivity index (χ0v) is 10.8. The van der Waals surface area contributed by atoms with Crippen LogP contribution in [0.4, 0.5) is 0 Å². The zero-order valence-electron chi connectivity index (χ0n) is 10.8. The maximum atomic E-state index is 6.41. The molecule has 92 valence electrons. The smallest absolute Gasteiger partial charge is 0.0719 e. The maximum absolute atomic E-state index is 6.41. The summed E-state index contributed by atoms with van der Waals surface area (Å²) in [5, 5.41) is 0. The molecule has 1 aromatic rings. The molecule has 1 aliphatic heterocycles. The third-order valence-electron chi connectivity index (χ3n) is 4.73. The largest absolute Gasteiger partial charge is 0.376 e. The Kier molecular flexibility index (Phi) is 2.36. The van der Waals surface area contributed by atoms with E-state index in [1.54, 1.807) is 0 Å². The first-order valence-corrected chi connectivity index (χ1v) is 6.52. The fraction of sp³-hybridized carbons (Fsp3) is 0.600. The Bertz CT molecular complexity index is 446. The summed E-state index contributed by atoms with van der Waals surface area (Å²) in [6, 6.07) is 6.81. The number of hydrogen-bond donors (Lipinski definition) is 1. The lowest BCUT2D eigenvalue weighted by Gasteiger charge is -2.33. The van der Waals surface area contributed by atoms with Crippen LogP contribution in [0.25, 0.3) is 0 Å². The van der Waals surface area contributed by atoms with Gasteiger partial charge in [-0.2, -0.15) is 0 Å². The predicted molar refractivity (Wildman–Crippen MR) is 69.0 cm³/mol. The highest BCUT2D eigenvalue weighted by molar-refractivity contribution is 5.39. The number of nitrogens with two attached hydrogens (primary N) is 1. The second-order valence-corrected chi connectivity index (χ2v) is 6.07. The minimum Gasteiger partial charge on any atom is -0.376 e. The highest BCUT2D eigenvalue weighted by Gasteiger charge is 2.51. The van der Waals surface area contributed by atoms with Crippen molar-refractivity contribution in [3.8, 4) is 0 Å². The van der Waals surface area contributed by atoms with Crippen LogP contribution in [0.15, 0.2) is 18.2 Å². The van der Waals surface area contributed by atoms with E-state index >= 15 is 0 Å². The van der Waals surface area contributed by atoms with Crippen LogP contribution in [0.3, 0.4) is 0 Å². The number of ether oxygens (including phenoxy) is 1. The first-order valence-electron chi connectivity index (χ1n) is 6.52. The Morgan fingerprint density at radius 2 is 2.00 bits per heavy atom. The van der Waals surface area contributed by atoms with Crippen LogP contribution in [0.2, 0.25) is 0 Å². The Balaban J connectivity index is 1.98. The second-order valence-electron chi connectivity index (χ2n) is 6.07. The quantitative estimate of drug-likeness (QED) is 0.849. The summed E-state index contributed by atoms with van der Waals surface area (Å²) in [5.74, 6) is 0. The summed E-state index contributed by atoms with van der Waals surface area (Å²) < 4.78 is 5.48. The average Bonchev–Trinajstić information content (AvgIpc) is 3.08. The molecular formula is C15H21NO. The van der Waals surface area contributed by atoms with Crippen molar-refractivity contribution in [2.24, 2.45) is 5.73 Å². The lowest BCUT2D eigenvalue weighted by atomic mass is 9.75. The van der Waals surface area contributed by atoms with Crippen molar-refractivity contribution in [3.63, 3.8) is 0 Å². The number of benzene rings is 1. The normalized spacial score (nSPS) is 22.1. The maximum Gasteiger partial charge on any atom is 0.0719 e. The molecule has 2 nitrogen and oxygen atoms in total. The van der Waals surface area contributed by atoms with Crippen molar-refractivity contribution in [1.82, 2.24) is 0 Å². The van der Waals surface area contributed by atoms with Crippen molar-refractivity contribution in [3.05, 3.63) is 34.9 Å². The van der Waals surface area contributed by atoms with Gasteiger partial charge in [-0.3, -0.25) is 0 Å². The van der Waals surface area contributed by atoms with Crippen molar-refractivity contribution in [1.29, 1.82) is 0 Å². The van der Waals surface area contributed by atoms with E-state index in [-0.39, 0.29) is 11.0 Å². The minimum absolute atomic E-state index is 0.0202. The Morgan fingerprint density at radius 1 is 1.24 bits per heavy atom. The monoisotopic (exact) mass is 231 g/mol. The van der Waals surface area contributed by atoms with Gasteiger partial charge in [-0.15, -0.1) is 0 Å². The minimum atomic E-state index is 0.0202. The zero-order chi connectivity index (χ0) is 12.1. The molecule has 2 aliphatic rings. The molecule has 3 rings (SSSR count). The van der Waals surface area contributed by atoms with E-state index in [0.29, 0.717) is 0 Å². The van der Waals surface area contributed by atoms with Gasteiger partial charge in [0.1, 0.15) is 0 Å². The van der Waals surface area contributed by atoms with E-state index in [4.69, 9.17) is 10.5 Å². The molecule has 0 aromatic heterocycles. The predicted octanol–water partition coefficient (Wildman–Crippen LogP) is 2.53. The molecule has 1 aliphatic carbocycles. The van der Waals surface area contributed by atoms with Gasteiger partial charge < -0.3 is 10.5 Å². The Hall–Kier alpha value is -0.860. The first-order chi connectivity index (χ1) is 8.03. The van der Waals surface area contributed by atoms with Crippen LogP contribution in [-0.2, 0) is 23.2 Å². The molecule has 0 amide bonds. The summed E-state index contributed by atoms with van der Waals surface area (Å²) in [6.45, 7) is 6.18. The van der Waals surface area contributed by atoms with Gasteiger partial charge >= 0.3 is 0 Å². The van der Waals surface area contributed by atoms with E-state index in [9.17, 15) is 0 Å². The number of rotatable bonds is 2. The summed E-state index contributed by atoms with van der Waals surface area (Å²) in [6.07, 6.45) is 3.34. The molecule has 17 heavy (non-hydrogen) atoms. The van der Waals surface area contributed by atoms with Gasteiger partial charge in [0, 0.05) is 11.0 Å². The topological polar surface area (TPSA) is 35.2 Å². The molecule has 0 radical (unpaired) electrons. The van der Waals surface area contributed by atoms with Gasteiger partial charge in [0.25, 0.3) is 0 Å². The highest BCUT2D eigenvalue weighted by Crippen LogP contribution is 2.49. The summed E-state index contributed by atoms with van der Waals surface area (Å²) in [4.78, 5) is 0. The third kappa shape index (κ3) is 1.71. The van der Waals surface area contributed by atoms with Gasteiger partial charge in [-0.25, -0.2) is 0 Å². The highest BCUT2D eigenvalue weighted by atomic mass is 16.5. The molecular weight excluding hydrogens is 210 g/mol. The Labute approximate surface area is 103 Å². The third-order valence-corrected chi connectivity index (χ3v) is 4.73. The van der Waals surface area contributed by atoms with Gasteiger partial charge in [-0.1, -0.05) is 32.0 Å². The van der Waals surface area contributed by atoms with E-state index < -0.39 is 0 Å². The van der Waals surface area contributed by atoms with Crippen LogP contribution in [0.5, 0.6) is 0 Å². The SMILES string of the molecule is CC(C)(c1ccc2c(c1)CCOC2)C1(N)CC1. The molecule has 0 bridgehead atoms. The van der Waals surface area contributed by atoms with Crippen molar-refractivity contribution >= 4 is 0 Å². The molecule has 1 heterocycles. The first kappa shape index (κ1) is 11.2. The van der Waals surface area contributed by atoms with Crippen molar-refractivity contribution < 1.29 is 4.74 Å². The molecule has 1 saturated carbocycles. The molecule has 0 unspecified atom stereocenters. The van der Waals surface area contributed by atoms with Gasteiger partial charge in [-0.05, 0) is 36.0 Å². The molecule has 2 N–H and O–H groups in total. The summed E-state index contributed by atoms with van der Waals surface area (Å²) >= 11 is 0. The number of fused-ring (bicyclic) bond motifs is 1. The van der Waals surface area contributed by atoms with Crippen LogP contribution >= 0.6 is 0 Å². The van der Waals surface area contributed by atoms with E-state index in [0.717, 1.165) is 32.5 Å². The fourth-order valence-electron chi connectivity index (χ4n) is 2.80. The van der Waals surface area contributed by atoms with Crippen LogP contribution in [-0.4, -0.2) is 12.1 Å². The van der Waals surface area contributed by atoms with Crippen molar-refractivity contribution in [2.75, 3.05) is 6.61 Å². The van der Waals surface area contributed by atoms with Crippen LogP contribution in [0, 0.1) is 0 Å². The molecule has 1 aromatic carbocycles. The van der Waals surface area contributed by atoms with Gasteiger partial charge in [0.2, 0.25) is 0 Å². The number of hydrogen-bond acceptors (Lipinski definition) is 2. The van der Waals surface area contributed by atoms with Gasteiger partial charge in [0.05, 0.1) is 13.2 Å². The molecule has 0 spiro atoms. The van der Waals surface area contributed by atoms with Crippen molar-refractivity contribution in [2.45, 2.75) is 50.7 Å². The molecule has 2 heteroatoms. The van der Waals surface area contributed by atoms with Crippen LogP contribution in [0.1, 0.15) is 43.4 Å². The Morgan fingerprint density at radius 3 is 2.71 bits per heavy atom. The molecule has 1 fully saturated rings. The fourth-order valence-corrected chi connectivity index (χ4v) is 2.80. The lowest BCUT2D eigenvalue weighted by molar-refractivity contribution is 0.110. The average molecular weight is 231 g/mol.